The van der Waals surface area contributed by atoms with E-state index >= 15 is 0 Å². The molecule has 0 fully saturated rings. The lowest BCUT2D eigenvalue weighted by Gasteiger charge is -2.07. The molecule has 0 radical (unpaired) electrons. The van der Waals surface area contributed by atoms with Crippen LogP contribution in [0.25, 0.3) is 11.3 Å². The first-order valence-electron chi connectivity index (χ1n) is 7.59. The Morgan fingerprint density at radius 1 is 1.20 bits per heavy atom. The zero-order chi connectivity index (χ0) is 17.6. The Hall–Kier alpha value is -3.48. The maximum atomic E-state index is 12.3. The summed E-state index contributed by atoms with van der Waals surface area (Å²) in [5.74, 6) is 0.293. The van der Waals surface area contributed by atoms with Gasteiger partial charge in [-0.3, -0.25) is 9.78 Å². The number of H-pyrrole nitrogens is 1. The average Bonchev–Trinajstić information content (AvgIpc) is 2.66. The lowest BCUT2D eigenvalue weighted by Crippen LogP contribution is -2.27. The van der Waals surface area contributed by atoms with Gasteiger partial charge in [-0.2, -0.15) is 4.98 Å². The highest BCUT2D eigenvalue weighted by Gasteiger charge is 2.11. The van der Waals surface area contributed by atoms with Gasteiger partial charge in [-0.1, -0.05) is 6.07 Å². The molecule has 1 aromatic carbocycles. The van der Waals surface area contributed by atoms with Crippen molar-refractivity contribution in [2.45, 2.75) is 6.54 Å². The van der Waals surface area contributed by atoms with E-state index in [0.717, 1.165) is 5.69 Å². The molecule has 0 aliphatic carbocycles. The first kappa shape index (κ1) is 16.4. The van der Waals surface area contributed by atoms with Crippen molar-refractivity contribution in [2.75, 3.05) is 7.11 Å². The standard InChI is InChI=1S/C18H16N4O3/c1-25-14-7-5-12(6-8-14)15-10-16(22-18(24)21-15)17(23)20-11-13-4-2-3-9-19-13/h2-10H,11H2,1H3,(H,20,23)(H,21,22,24). The molecule has 2 heterocycles. The molecule has 0 atom stereocenters. The topological polar surface area (TPSA) is 97.0 Å². The smallest absolute Gasteiger partial charge is 0.346 e. The SMILES string of the molecule is COc1ccc(-c2cc(C(=O)NCc3ccccn3)[nH]c(=O)n2)cc1. The summed E-state index contributed by atoms with van der Waals surface area (Å²) in [4.78, 5) is 34.6. The van der Waals surface area contributed by atoms with Crippen molar-refractivity contribution >= 4 is 5.91 Å². The highest BCUT2D eigenvalue weighted by atomic mass is 16.5. The monoisotopic (exact) mass is 336 g/mol. The second-order valence-corrected chi connectivity index (χ2v) is 5.22. The highest BCUT2D eigenvalue weighted by Crippen LogP contribution is 2.20. The normalized spacial score (nSPS) is 10.3. The molecule has 7 nitrogen and oxygen atoms in total. The molecule has 0 aliphatic heterocycles. The summed E-state index contributed by atoms with van der Waals surface area (Å²) in [5.41, 5.74) is 1.40. The fourth-order valence-electron chi connectivity index (χ4n) is 2.26. The summed E-state index contributed by atoms with van der Waals surface area (Å²) in [6.07, 6.45) is 1.65. The Kier molecular flexibility index (Phi) is 4.84. The van der Waals surface area contributed by atoms with Gasteiger partial charge in [0.05, 0.1) is 25.0 Å². The van der Waals surface area contributed by atoms with E-state index in [1.807, 2.05) is 6.07 Å². The minimum Gasteiger partial charge on any atom is -0.497 e. The van der Waals surface area contributed by atoms with Crippen LogP contribution >= 0.6 is 0 Å². The maximum Gasteiger partial charge on any atom is 0.346 e. The number of aromatic nitrogens is 3. The van der Waals surface area contributed by atoms with Crippen LogP contribution in [-0.2, 0) is 6.54 Å². The van der Waals surface area contributed by atoms with Crippen molar-refractivity contribution in [1.82, 2.24) is 20.3 Å². The van der Waals surface area contributed by atoms with Gasteiger partial charge in [0.25, 0.3) is 5.91 Å². The number of nitrogens with zero attached hydrogens (tertiary/aromatic N) is 2. The van der Waals surface area contributed by atoms with E-state index in [1.165, 1.54) is 6.07 Å². The van der Waals surface area contributed by atoms with Crippen LogP contribution in [0.5, 0.6) is 5.75 Å². The number of rotatable bonds is 5. The largest absolute Gasteiger partial charge is 0.497 e. The number of amides is 1. The molecular weight excluding hydrogens is 320 g/mol. The molecule has 7 heteroatoms. The van der Waals surface area contributed by atoms with Gasteiger partial charge < -0.3 is 15.0 Å². The van der Waals surface area contributed by atoms with Gasteiger partial charge >= 0.3 is 5.69 Å². The lowest BCUT2D eigenvalue weighted by molar-refractivity contribution is 0.0945. The Morgan fingerprint density at radius 2 is 2.00 bits per heavy atom. The summed E-state index contributed by atoms with van der Waals surface area (Å²) in [6.45, 7) is 0.266. The van der Waals surface area contributed by atoms with E-state index in [9.17, 15) is 9.59 Å². The first-order chi connectivity index (χ1) is 12.2. The molecule has 126 valence electrons. The second-order valence-electron chi connectivity index (χ2n) is 5.22. The fourth-order valence-corrected chi connectivity index (χ4v) is 2.26. The van der Waals surface area contributed by atoms with Crippen LogP contribution < -0.4 is 15.7 Å². The van der Waals surface area contributed by atoms with Crippen LogP contribution in [-0.4, -0.2) is 28.0 Å². The second kappa shape index (κ2) is 7.39. The lowest BCUT2D eigenvalue weighted by atomic mass is 10.1. The van der Waals surface area contributed by atoms with Crippen molar-refractivity contribution in [1.29, 1.82) is 0 Å². The number of nitrogens with one attached hydrogen (secondary N) is 2. The van der Waals surface area contributed by atoms with E-state index in [1.54, 1.807) is 49.7 Å². The first-order valence-corrected chi connectivity index (χ1v) is 7.59. The van der Waals surface area contributed by atoms with E-state index in [0.29, 0.717) is 17.0 Å². The van der Waals surface area contributed by atoms with Crippen LogP contribution in [0.15, 0.2) is 59.5 Å². The Balaban J connectivity index is 1.80. The van der Waals surface area contributed by atoms with Crippen molar-refractivity contribution < 1.29 is 9.53 Å². The minimum atomic E-state index is -0.587. The van der Waals surface area contributed by atoms with E-state index in [4.69, 9.17) is 4.74 Å². The number of carbonyl (C=O) groups excluding carboxylic acids is 1. The number of carbonyl (C=O) groups is 1. The molecule has 0 saturated heterocycles. The third-order valence-electron chi connectivity index (χ3n) is 3.53. The molecule has 1 amide bonds. The van der Waals surface area contributed by atoms with Crippen LogP contribution in [0, 0.1) is 0 Å². The predicted molar refractivity (Wildman–Crippen MR) is 92.3 cm³/mol. The molecule has 3 aromatic rings. The zero-order valence-corrected chi connectivity index (χ0v) is 13.5. The molecule has 25 heavy (non-hydrogen) atoms. The summed E-state index contributed by atoms with van der Waals surface area (Å²) in [6, 6.07) is 14.1. The third-order valence-corrected chi connectivity index (χ3v) is 3.53. The van der Waals surface area contributed by atoms with Crippen molar-refractivity contribution in [3.05, 3.63) is 76.6 Å². The number of aromatic amines is 1. The van der Waals surface area contributed by atoms with Gasteiger partial charge in [-0.25, -0.2) is 4.79 Å². The Morgan fingerprint density at radius 3 is 2.68 bits per heavy atom. The molecule has 2 aromatic heterocycles. The number of pyridine rings is 1. The number of hydrogen-bond acceptors (Lipinski definition) is 5. The molecule has 0 unspecified atom stereocenters. The van der Waals surface area contributed by atoms with Crippen molar-refractivity contribution in [2.24, 2.45) is 0 Å². The van der Waals surface area contributed by atoms with Crippen LogP contribution in [0.3, 0.4) is 0 Å². The Bertz CT molecular complexity index is 921. The van der Waals surface area contributed by atoms with Crippen molar-refractivity contribution in [3.63, 3.8) is 0 Å². The number of ether oxygens (including phenoxy) is 1. The maximum absolute atomic E-state index is 12.3. The number of methoxy groups -OCH3 is 1. The van der Waals surface area contributed by atoms with E-state index in [-0.39, 0.29) is 12.2 Å². The summed E-state index contributed by atoms with van der Waals surface area (Å²) in [5, 5.41) is 2.72. The molecule has 2 N–H and O–H groups in total. The van der Waals surface area contributed by atoms with E-state index in [2.05, 4.69) is 20.3 Å². The minimum absolute atomic E-state index is 0.141. The Labute approximate surface area is 143 Å². The van der Waals surface area contributed by atoms with E-state index < -0.39 is 11.6 Å². The number of hydrogen-bond donors (Lipinski definition) is 2. The van der Waals surface area contributed by atoms with Crippen LogP contribution in [0.2, 0.25) is 0 Å². The van der Waals surface area contributed by atoms with Gasteiger partial charge in [0, 0.05) is 11.8 Å². The van der Waals surface area contributed by atoms with Gasteiger partial charge in [0.1, 0.15) is 11.4 Å². The predicted octanol–water partition coefficient (Wildman–Crippen LogP) is 1.77. The summed E-state index contributed by atoms with van der Waals surface area (Å²) < 4.78 is 5.11. The fraction of sp³-hybridized carbons (Fsp3) is 0.111. The molecule has 0 spiro atoms. The zero-order valence-electron chi connectivity index (χ0n) is 13.5. The van der Waals surface area contributed by atoms with Crippen LogP contribution in [0.4, 0.5) is 0 Å². The van der Waals surface area contributed by atoms with Gasteiger partial charge in [-0.05, 0) is 42.5 Å². The molecule has 0 bridgehead atoms. The third kappa shape index (κ3) is 4.08. The average molecular weight is 336 g/mol. The summed E-state index contributed by atoms with van der Waals surface area (Å²) in [7, 11) is 1.57. The van der Waals surface area contributed by atoms with Crippen molar-refractivity contribution in [3.8, 4) is 17.0 Å². The van der Waals surface area contributed by atoms with Crippen LogP contribution in [0.1, 0.15) is 16.2 Å². The van der Waals surface area contributed by atoms with Gasteiger partial charge in [-0.15, -0.1) is 0 Å². The molecular formula is C18H16N4O3. The molecule has 0 aliphatic rings. The molecule has 3 rings (SSSR count). The number of benzene rings is 1. The quantitative estimate of drug-likeness (QED) is 0.740. The highest BCUT2D eigenvalue weighted by molar-refractivity contribution is 5.93. The molecule has 0 saturated carbocycles. The van der Waals surface area contributed by atoms with Gasteiger partial charge in [0.15, 0.2) is 0 Å². The summed E-state index contributed by atoms with van der Waals surface area (Å²) >= 11 is 0. The van der Waals surface area contributed by atoms with Gasteiger partial charge in [0.2, 0.25) is 0 Å².